The van der Waals surface area contributed by atoms with E-state index >= 15 is 0 Å². The molecule has 0 aliphatic carbocycles. The van der Waals surface area contributed by atoms with Gasteiger partial charge in [0.25, 0.3) is 16.8 Å². The Morgan fingerprint density at radius 1 is 1.00 bits per heavy atom. The lowest BCUT2D eigenvalue weighted by atomic mass is 10.1. The van der Waals surface area contributed by atoms with Crippen molar-refractivity contribution in [1.82, 2.24) is 4.90 Å². The fourth-order valence-electron chi connectivity index (χ4n) is 2.48. The number of carbonyl (C=O) groups is 1. The Bertz CT molecular complexity index is 1100. The molecule has 1 heterocycles. The number of amides is 1. The van der Waals surface area contributed by atoms with Crippen LogP contribution in [0.15, 0.2) is 52.2 Å². The van der Waals surface area contributed by atoms with E-state index in [4.69, 9.17) is 0 Å². The van der Waals surface area contributed by atoms with Crippen molar-refractivity contribution >= 4 is 28.8 Å². The number of benzene rings is 1. The van der Waals surface area contributed by atoms with Gasteiger partial charge in [-0.05, 0) is 18.2 Å². The van der Waals surface area contributed by atoms with E-state index in [1.54, 1.807) is 26.2 Å². The number of phenolic OH excluding ortho intramolecular Hbond substituents is 1. The van der Waals surface area contributed by atoms with Crippen molar-refractivity contribution in [1.29, 1.82) is 0 Å². The zero-order valence-electron chi connectivity index (χ0n) is 14.6. The standard InChI is InChI=1S/C18H16N4O5/c1-21(2)18(26)10-6-5-7-11(15(10)23)19-13-14(17(25)16(13)24)20-12-8-3-4-9-22(12)27/h3-9,27H,1-2H3,(H2,19,23,24,25,26)/p+1. The van der Waals surface area contributed by atoms with Gasteiger partial charge in [0.15, 0.2) is 5.75 Å². The molecular weight excluding hydrogens is 352 g/mol. The molecule has 138 valence electrons. The summed E-state index contributed by atoms with van der Waals surface area (Å²) in [7, 11) is 3.09. The van der Waals surface area contributed by atoms with Crippen molar-refractivity contribution in [2.75, 3.05) is 24.7 Å². The summed E-state index contributed by atoms with van der Waals surface area (Å²) in [6.07, 6.45) is 1.35. The topological polar surface area (TPSA) is 123 Å². The number of anilines is 4. The predicted octanol–water partition coefficient (Wildman–Crippen LogP) is 0.702. The van der Waals surface area contributed by atoms with Crippen LogP contribution in [0.2, 0.25) is 0 Å². The SMILES string of the molecule is CN(C)C(=O)c1cccc(Nc2c(Nc3cccc[n+]3O)c(=O)c2=O)c1O. The first-order valence-electron chi connectivity index (χ1n) is 7.92. The van der Waals surface area contributed by atoms with E-state index in [0.29, 0.717) is 0 Å². The van der Waals surface area contributed by atoms with Gasteiger partial charge in [0.05, 0.1) is 11.3 Å². The molecule has 27 heavy (non-hydrogen) atoms. The van der Waals surface area contributed by atoms with Crippen LogP contribution in [-0.2, 0) is 0 Å². The summed E-state index contributed by atoms with van der Waals surface area (Å²) < 4.78 is 0.758. The summed E-state index contributed by atoms with van der Waals surface area (Å²) in [6, 6.07) is 9.18. The summed E-state index contributed by atoms with van der Waals surface area (Å²) in [5.41, 5.74) is -1.52. The molecule has 2 aromatic carbocycles. The number of phenols is 1. The Morgan fingerprint density at radius 2 is 1.67 bits per heavy atom. The third-order valence-electron chi connectivity index (χ3n) is 3.93. The maximum Gasteiger partial charge on any atom is 0.319 e. The minimum Gasteiger partial charge on any atom is -0.505 e. The lowest BCUT2D eigenvalue weighted by Gasteiger charge is -2.16. The van der Waals surface area contributed by atoms with Crippen molar-refractivity contribution in [3.63, 3.8) is 0 Å². The zero-order valence-corrected chi connectivity index (χ0v) is 14.6. The highest BCUT2D eigenvalue weighted by Crippen LogP contribution is 2.32. The van der Waals surface area contributed by atoms with Crippen molar-refractivity contribution < 1.29 is 19.8 Å². The first-order chi connectivity index (χ1) is 12.8. The summed E-state index contributed by atoms with van der Waals surface area (Å²) >= 11 is 0. The van der Waals surface area contributed by atoms with Gasteiger partial charge >= 0.3 is 5.82 Å². The summed E-state index contributed by atoms with van der Waals surface area (Å²) in [5, 5.41) is 25.5. The maximum absolute atomic E-state index is 12.1. The lowest BCUT2D eigenvalue weighted by molar-refractivity contribution is -0.893. The van der Waals surface area contributed by atoms with Gasteiger partial charge < -0.3 is 20.5 Å². The van der Waals surface area contributed by atoms with E-state index < -0.39 is 16.8 Å². The van der Waals surface area contributed by atoms with Gasteiger partial charge in [0, 0.05) is 20.2 Å². The molecular formula is C18H17N4O5+. The molecule has 0 unspecified atom stereocenters. The molecule has 0 radical (unpaired) electrons. The van der Waals surface area contributed by atoms with Crippen molar-refractivity contribution in [3.05, 3.63) is 68.6 Å². The quantitative estimate of drug-likeness (QED) is 0.226. The first-order valence-corrected chi connectivity index (χ1v) is 7.92. The lowest BCUT2D eigenvalue weighted by Crippen LogP contribution is -2.39. The van der Waals surface area contributed by atoms with Crippen LogP contribution in [0.4, 0.5) is 22.9 Å². The summed E-state index contributed by atoms with van der Waals surface area (Å²) in [4.78, 5) is 37.3. The second kappa shape index (κ2) is 6.79. The average molecular weight is 369 g/mol. The summed E-state index contributed by atoms with van der Waals surface area (Å²) in [5.74, 6) is -0.578. The molecule has 0 bridgehead atoms. The fourth-order valence-corrected chi connectivity index (χ4v) is 2.48. The molecule has 0 fully saturated rings. The number of hydrogen-bond acceptors (Lipinski definition) is 7. The molecule has 0 atom stereocenters. The number of aromatic nitrogens is 1. The highest BCUT2D eigenvalue weighted by Gasteiger charge is 2.28. The van der Waals surface area contributed by atoms with E-state index in [0.717, 1.165) is 4.73 Å². The van der Waals surface area contributed by atoms with E-state index in [1.165, 1.54) is 35.4 Å². The zero-order chi connectivity index (χ0) is 19.7. The van der Waals surface area contributed by atoms with Gasteiger partial charge in [-0.15, -0.1) is 0 Å². The highest BCUT2D eigenvalue weighted by atomic mass is 16.5. The molecule has 0 spiro atoms. The molecule has 4 N–H and O–H groups in total. The van der Waals surface area contributed by atoms with E-state index in [-0.39, 0.29) is 34.2 Å². The molecule has 0 aliphatic rings. The molecule has 0 saturated heterocycles. The van der Waals surface area contributed by atoms with Gasteiger partial charge in [0.2, 0.25) is 5.69 Å². The molecule has 1 amide bonds. The van der Waals surface area contributed by atoms with Gasteiger partial charge in [-0.1, -0.05) is 16.9 Å². The van der Waals surface area contributed by atoms with Crippen LogP contribution in [0.5, 0.6) is 5.75 Å². The largest absolute Gasteiger partial charge is 0.505 e. The van der Waals surface area contributed by atoms with Gasteiger partial charge in [0.1, 0.15) is 11.9 Å². The minimum absolute atomic E-state index is 0.0504. The van der Waals surface area contributed by atoms with Crippen LogP contribution in [-0.4, -0.2) is 35.2 Å². The first kappa shape index (κ1) is 17.9. The van der Waals surface area contributed by atoms with Crippen molar-refractivity contribution in [2.45, 2.75) is 0 Å². The number of hydrogen-bond donors (Lipinski definition) is 4. The van der Waals surface area contributed by atoms with Crippen LogP contribution in [0, 0.1) is 0 Å². The molecule has 1 aromatic heterocycles. The smallest absolute Gasteiger partial charge is 0.319 e. The number of nitrogens with one attached hydrogen (secondary N) is 2. The maximum atomic E-state index is 12.1. The Kier molecular flexibility index (Phi) is 4.51. The summed E-state index contributed by atoms with van der Waals surface area (Å²) in [6.45, 7) is 0. The number of nitrogens with zero attached hydrogens (tertiary/aromatic N) is 2. The molecule has 3 rings (SSSR count). The Hall–Kier alpha value is -3.88. The monoisotopic (exact) mass is 369 g/mol. The third kappa shape index (κ3) is 3.17. The molecule has 0 aliphatic heterocycles. The van der Waals surface area contributed by atoms with Crippen LogP contribution in [0.3, 0.4) is 0 Å². The molecule has 3 aromatic rings. The number of rotatable bonds is 5. The number of pyridine rings is 1. The van der Waals surface area contributed by atoms with E-state index in [9.17, 15) is 24.7 Å². The Balaban J connectivity index is 1.94. The average Bonchev–Trinajstić information content (AvgIpc) is 2.66. The molecule has 9 nitrogen and oxygen atoms in total. The van der Waals surface area contributed by atoms with Crippen molar-refractivity contribution in [2.24, 2.45) is 0 Å². The minimum atomic E-state index is -0.776. The number of carbonyl (C=O) groups excluding carboxylic acids is 1. The molecule has 0 saturated carbocycles. The number of para-hydroxylation sites is 1. The third-order valence-corrected chi connectivity index (χ3v) is 3.93. The van der Waals surface area contributed by atoms with Crippen LogP contribution >= 0.6 is 0 Å². The Morgan fingerprint density at radius 3 is 2.30 bits per heavy atom. The van der Waals surface area contributed by atoms with E-state index in [1.807, 2.05) is 0 Å². The number of aromatic hydroxyl groups is 1. The van der Waals surface area contributed by atoms with Crippen LogP contribution in [0.1, 0.15) is 10.4 Å². The second-order valence-electron chi connectivity index (χ2n) is 5.99. The normalized spacial score (nSPS) is 10.6. The Labute approximate surface area is 153 Å². The highest BCUT2D eigenvalue weighted by molar-refractivity contribution is 5.99. The van der Waals surface area contributed by atoms with Crippen molar-refractivity contribution in [3.8, 4) is 5.75 Å². The van der Waals surface area contributed by atoms with Crippen LogP contribution < -0.4 is 26.2 Å². The van der Waals surface area contributed by atoms with E-state index in [2.05, 4.69) is 10.6 Å². The molecule has 9 heteroatoms. The predicted molar refractivity (Wildman–Crippen MR) is 97.9 cm³/mol. The fraction of sp³-hybridized carbons (Fsp3) is 0.111. The van der Waals surface area contributed by atoms with Crippen LogP contribution in [0.25, 0.3) is 0 Å². The van der Waals surface area contributed by atoms with Gasteiger partial charge in [-0.3, -0.25) is 14.4 Å². The second-order valence-corrected chi connectivity index (χ2v) is 5.99. The van der Waals surface area contributed by atoms with Gasteiger partial charge in [-0.2, -0.15) is 0 Å². The van der Waals surface area contributed by atoms with Gasteiger partial charge in [-0.25, -0.2) is 5.32 Å².